The molecule has 0 radical (unpaired) electrons. The summed E-state index contributed by atoms with van der Waals surface area (Å²) in [6, 6.07) is 15.3. The van der Waals surface area contributed by atoms with E-state index in [1.54, 1.807) is 47.9 Å². The first-order valence-corrected chi connectivity index (χ1v) is 13.2. The van der Waals surface area contributed by atoms with E-state index in [-0.39, 0.29) is 29.9 Å². The smallest absolute Gasteiger partial charge is 0.309 e. The zero-order valence-corrected chi connectivity index (χ0v) is 21.0. The van der Waals surface area contributed by atoms with Crippen molar-refractivity contribution >= 4 is 27.5 Å². The van der Waals surface area contributed by atoms with Crippen LogP contribution in [0.4, 0.5) is 14.5 Å². The van der Waals surface area contributed by atoms with Gasteiger partial charge in [0.25, 0.3) is 5.91 Å². The summed E-state index contributed by atoms with van der Waals surface area (Å²) in [5, 5.41) is 3.43. The molecule has 2 amide bonds. The lowest BCUT2D eigenvalue weighted by atomic mass is 10.1. The monoisotopic (exact) mass is 523 g/mol. The minimum atomic E-state index is -3.69. The molecule has 1 heterocycles. The Morgan fingerprint density at radius 1 is 1.03 bits per heavy atom. The first kappa shape index (κ1) is 27.5. The van der Waals surface area contributed by atoms with E-state index < -0.39 is 28.3 Å². The summed E-state index contributed by atoms with van der Waals surface area (Å²) in [5.74, 6) is -2.44. The van der Waals surface area contributed by atoms with E-state index in [9.17, 15) is 26.8 Å². The van der Waals surface area contributed by atoms with Gasteiger partial charge in [0.15, 0.2) is 0 Å². The second kappa shape index (κ2) is 12.2. The second-order valence-electron chi connectivity index (χ2n) is 8.83. The van der Waals surface area contributed by atoms with Crippen LogP contribution in [0.3, 0.4) is 0 Å². The number of amides is 2. The van der Waals surface area contributed by atoms with E-state index in [1.165, 1.54) is 16.4 Å². The van der Waals surface area contributed by atoms with Crippen LogP contribution in [0.2, 0.25) is 0 Å². The third-order valence-electron chi connectivity index (χ3n) is 5.72. The topological polar surface area (TPSA) is 111 Å². The molecule has 9 nitrogen and oxygen atoms in total. The Morgan fingerprint density at radius 2 is 1.64 bits per heavy atom. The van der Waals surface area contributed by atoms with Gasteiger partial charge in [0.05, 0.1) is 18.0 Å². The number of hydrogen-bond acceptors (Lipinski definition) is 6. The molecule has 0 aromatic heterocycles. The number of benzene rings is 2. The molecular formula is C24H31F2N5O4S. The predicted octanol–water partition coefficient (Wildman–Crippen LogP) is 1.73. The van der Waals surface area contributed by atoms with Crippen LogP contribution in [0.25, 0.3) is 0 Å². The molecule has 1 aliphatic heterocycles. The van der Waals surface area contributed by atoms with E-state index in [1.807, 2.05) is 5.43 Å². The molecule has 0 spiro atoms. The molecule has 36 heavy (non-hydrogen) atoms. The Morgan fingerprint density at radius 3 is 2.22 bits per heavy atom. The summed E-state index contributed by atoms with van der Waals surface area (Å²) in [4.78, 5) is 25.2. The maximum absolute atomic E-state index is 13.4. The fraction of sp³-hybridized carbons (Fsp3) is 0.417. The summed E-state index contributed by atoms with van der Waals surface area (Å²) in [5.41, 5.74) is 4.81. The molecule has 2 aromatic carbocycles. The number of anilines is 1. The minimum absolute atomic E-state index is 0.0464. The van der Waals surface area contributed by atoms with Gasteiger partial charge in [0.1, 0.15) is 0 Å². The summed E-state index contributed by atoms with van der Waals surface area (Å²) in [6.45, 7) is 6.14. The van der Waals surface area contributed by atoms with Crippen molar-refractivity contribution in [2.75, 3.05) is 29.7 Å². The summed E-state index contributed by atoms with van der Waals surface area (Å²) in [6.07, 6.45) is -3.25. The van der Waals surface area contributed by atoms with Crippen LogP contribution in [-0.4, -0.2) is 69.0 Å². The van der Waals surface area contributed by atoms with Crippen molar-refractivity contribution in [2.45, 2.75) is 38.9 Å². The number of rotatable bonds is 9. The summed E-state index contributed by atoms with van der Waals surface area (Å²) >= 11 is 0. The van der Waals surface area contributed by atoms with Crippen molar-refractivity contribution < 1.29 is 26.8 Å². The van der Waals surface area contributed by atoms with Gasteiger partial charge in [0.2, 0.25) is 10.0 Å². The molecule has 0 bridgehead atoms. The largest absolute Gasteiger partial charge is 0.317 e. The normalized spacial score (nSPS) is 18.6. The Bertz CT molecular complexity index is 1120. The molecule has 2 aromatic rings. The molecule has 1 aliphatic rings. The highest BCUT2D eigenvalue weighted by atomic mass is 32.2. The van der Waals surface area contributed by atoms with Crippen molar-refractivity contribution in [3.05, 3.63) is 65.7 Å². The Balaban J connectivity index is 1.71. The van der Waals surface area contributed by atoms with E-state index in [4.69, 9.17) is 0 Å². The maximum atomic E-state index is 13.4. The van der Waals surface area contributed by atoms with Crippen LogP contribution in [0.5, 0.6) is 0 Å². The quantitative estimate of drug-likeness (QED) is 0.432. The average molecular weight is 524 g/mol. The molecule has 0 saturated carbocycles. The van der Waals surface area contributed by atoms with Crippen molar-refractivity contribution in [3.63, 3.8) is 0 Å². The third-order valence-corrected chi connectivity index (χ3v) is 7.43. The van der Waals surface area contributed by atoms with E-state index in [2.05, 4.69) is 24.1 Å². The number of piperazine rings is 1. The van der Waals surface area contributed by atoms with E-state index >= 15 is 0 Å². The average Bonchev–Trinajstić information content (AvgIpc) is 2.84. The van der Waals surface area contributed by atoms with Gasteiger partial charge in [-0.05, 0) is 43.7 Å². The van der Waals surface area contributed by atoms with Crippen LogP contribution in [0, 0.1) is 0 Å². The number of carbonyl (C=O) groups excluding carboxylic acids is 2. The highest BCUT2D eigenvalue weighted by Gasteiger charge is 2.27. The number of para-hydroxylation sites is 1. The predicted molar refractivity (Wildman–Crippen MR) is 133 cm³/mol. The molecule has 3 rings (SSSR count). The number of hydrazine groups is 1. The summed E-state index contributed by atoms with van der Waals surface area (Å²) < 4.78 is 52.8. The Labute approximate surface area is 209 Å². The van der Waals surface area contributed by atoms with Gasteiger partial charge < -0.3 is 5.32 Å². The Kier molecular flexibility index (Phi) is 9.35. The van der Waals surface area contributed by atoms with Gasteiger partial charge >= 0.3 is 12.3 Å². The van der Waals surface area contributed by atoms with Gasteiger partial charge in [-0.3, -0.25) is 29.6 Å². The van der Waals surface area contributed by atoms with Gasteiger partial charge in [-0.15, -0.1) is 0 Å². The van der Waals surface area contributed by atoms with Crippen molar-refractivity contribution in [1.29, 1.82) is 0 Å². The minimum Gasteiger partial charge on any atom is -0.309 e. The highest BCUT2D eigenvalue weighted by Crippen LogP contribution is 2.22. The number of sulfonamides is 1. The van der Waals surface area contributed by atoms with Crippen LogP contribution in [-0.2, 0) is 21.4 Å². The molecule has 2 atom stereocenters. The van der Waals surface area contributed by atoms with E-state index in [0.29, 0.717) is 17.8 Å². The van der Waals surface area contributed by atoms with Gasteiger partial charge in [-0.2, -0.15) is 8.78 Å². The lowest BCUT2D eigenvalue weighted by molar-refractivity contribution is -0.132. The number of alkyl halides is 2. The lowest BCUT2D eigenvalue weighted by Crippen LogP contribution is -2.55. The molecular weight excluding hydrogens is 492 g/mol. The van der Waals surface area contributed by atoms with Gasteiger partial charge in [0, 0.05) is 37.3 Å². The standard InChI is InChI=1S/C24H31F2N5O4S/c1-17-14-30(15-18(2)27-17)12-13-36(34,35)31(21-6-4-3-5-7-21)16-19-8-10-20(11-9-19)23(32)28-29-24(33)22(25)26/h3-11,17-18,22,27H,12-16H2,1-2H3,(H,28,32)(H,29,33)/t17-,18+. The van der Waals surface area contributed by atoms with Crippen LogP contribution in [0.1, 0.15) is 29.8 Å². The summed E-state index contributed by atoms with van der Waals surface area (Å²) in [7, 11) is -3.69. The van der Waals surface area contributed by atoms with Gasteiger partial charge in [-0.25, -0.2) is 8.42 Å². The van der Waals surface area contributed by atoms with Crippen LogP contribution < -0.4 is 20.5 Å². The number of halogens is 2. The SMILES string of the molecule is C[C@@H]1CN(CCS(=O)(=O)N(Cc2ccc(C(=O)NNC(=O)C(F)F)cc2)c2ccccc2)C[C@H](C)N1. The number of carbonyl (C=O) groups is 2. The maximum Gasteiger partial charge on any atom is 0.317 e. The number of hydrogen-bond donors (Lipinski definition) is 3. The second-order valence-corrected chi connectivity index (χ2v) is 10.8. The zero-order valence-electron chi connectivity index (χ0n) is 20.2. The van der Waals surface area contributed by atoms with Crippen LogP contribution in [0.15, 0.2) is 54.6 Å². The molecule has 1 saturated heterocycles. The van der Waals surface area contributed by atoms with Crippen LogP contribution >= 0.6 is 0 Å². The number of nitrogens with one attached hydrogen (secondary N) is 3. The highest BCUT2D eigenvalue weighted by molar-refractivity contribution is 7.92. The first-order chi connectivity index (χ1) is 17.0. The van der Waals surface area contributed by atoms with Gasteiger partial charge in [-0.1, -0.05) is 30.3 Å². The molecule has 12 heteroatoms. The fourth-order valence-corrected chi connectivity index (χ4v) is 5.59. The van der Waals surface area contributed by atoms with Crippen molar-refractivity contribution in [1.82, 2.24) is 21.1 Å². The Hall–Kier alpha value is -3.09. The molecule has 0 aliphatic carbocycles. The zero-order chi connectivity index (χ0) is 26.3. The number of nitrogens with zero attached hydrogens (tertiary/aromatic N) is 2. The first-order valence-electron chi connectivity index (χ1n) is 11.6. The third kappa shape index (κ3) is 7.70. The molecule has 1 fully saturated rings. The van der Waals surface area contributed by atoms with E-state index in [0.717, 1.165) is 13.1 Å². The molecule has 0 unspecified atom stereocenters. The lowest BCUT2D eigenvalue weighted by Gasteiger charge is -2.36. The molecule has 3 N–H and O–H groups in total. The van der Waals surface area contributed by atoms with Crippen molar-refractivity contribution in [3.8, 4) is 0 Å². The molecule has 196 valence electrons. The fourth-order valence-electron chi connectivity index (χ4n) is 4.09. The van der Waals surface area contributed by atoms with Crippen molar-refractivity contribution in [2.24, 2.45) is 0 Å².